The lowest BCUT2D eigenvalue weighted by molar-refractivity contribution is 0.238. The summed E-state index contributed by atoms with van der Waals surface area (Å²) in [6.07, 6.45) is 5.00. The Bertz CT molecular complexity index is 920. The number of nitrogens with zero attached hydrogens (tertiary/aromatic N) is 4. The van der Waals surface area contributed by atoms with Crippen LogP contribution in [0.5, 0.6) is 5.75 Å². The molecule has 3 rings (SSSR count). The molecule has 1 amide bonds. The number of halogens is 1. The SMILES string of the molecule is CN(C)CCNC(=O)n1cc(-c2ccncc2)c(-c2cc(O)cc(Cl)c2)n1. The Morgan fingerprint density at radius 3 is 2.63 bits per heavy atom. The first kappa shape index (κ1) is 18.9. The number of benzene rings is 1. The van der Waals surface area contributed by atoms with Gasteiger partial charge >= 0.3 is 6.03 Å². The van der Waals surface area contributed by atoms with Crippen LogP contribution in [0.1, 0.15) is 0 Å². The Morgan fingerprint density at radius 1 is 1.22 bits per heavy atom. The molecule has 27 heavy (non-hydrogen) atoms. The average molecular weight is 386 g/mol. The summed E-state index contributed by atoms with van der Waals surface area (Å²) < 4.78 is 1.26. The van der Waals surface area contributed by atoms with Gasteiger partial charge in [0, 0.05) is 47.8 Å². The fourth-order valence-electron chi connectivity index (χ4n) is 2.61. The summed E-state index contributed by atoms with van der Waals surface area (Å²) in [4.78, 5) is 18.5. The van der Waals surface area contributed by atoms with E-state index in [1.165, 1.54) is 10.7 Å². The van der Waals surface area contributed by atoms with E-state index < -0.39 is 0 Å². The molecule has 2 heterocycles. The van der Waals surface area contributed by atoms with Crippen LogP contribution in [0.25, 0.3) is 22.4 Å². The molecule has 0 bridgehead atoms. The van der Waals surface area contributed by atoms with Gasteiger partial charge in [-0.25, -0.2) is 4.79 Å². The minimum Gasteiger partial charge on any atom is -0.508 e. The number of nitrogens with one attached hydrogen (secondary N) is 1. The Kier molecular flexibility index (Phi) is 5.73. The van der Waals surface area contributed by atoms with Crippen LogP contribution in [0.4, 0.5) is 4.79 Å². The largest absolute Gasteiger partial charge is 0.508 e. The van der Waals surface area contributed by atoms with Gasteiger partial charge in [0.15, 0.2) is 0 Å². The first-order chi connectivity index (χ1) is 12.9. The van der Waals surface area contributed by atoms with Gasteiger partial charge < -0.3 is 15.3 Å². The molecule has 0 aliphatic carbocycles. The van der Waals surface area contributed by atoms with Crippen LogP contribution in [0.2, 0.25) is 5.02 Å². The number of aromatic hydroxyl groups is 1. The van der Waals surface area contributed by atoms with Crippen LogP contribution in [0.15, 0.2) is 48.9 Å². The molecule has 2 aromatic heterocycles. The minimum atomic E-state index is -0.329. The zero-order chi connectivity index (χ0) is 19.4. The number of likely N-dealkylation sites (N-methyl/N-ethyl adjacent to an activating group) is 1. The normalized spacial score (nSPS) is 11.0. The highest BCUT2D eigenvalue weighted by molar-refractivity contribution is 6.31. The zero-order valence-electron chi connectivity index (χ0n) is 15.1. The molecule has 8 heteroatoms. The highest BCUT2D eigenvalue weighted by Gasteiger charge is 2.17. The smallest absolute Gasteiger partial charge is 0.342 e. The van der Waals surface area contributed by atoms with E-state index in [4.69, 9.17) is 11.6 Å². The van der Waals surface area contributed by atoms with Crippen LogP contribution in [-0.2, 0) is 0 Å². The van der Waals surface area contributed by atoms with Crippen molar-refractivity contribution in [1.29, 1.82) is 0 Å². The van der Waals surface area contributed by atoms with E-state index in [1.807, 2.05) is 31.1 Å². The Labute approximate surface area is 162 Å². The fraction of sp³-hybridized carbons (Fsp3) is 0.211. The van der Waals surface area contributed by atoms with Crippen LogP contribution >= 0.6 is 11.6 Å². The number of pyridine rings is 1. The highest BCUT2D eigenvalue weighted by atomic mass is 35.5. The van der Waals surface area contributed by atoms with Crippen molar-refractivity contribution in [3.8, 4) is 28.1 Å². The van der Waals surface area contributed by atoms with E-state index in [0.29, 0.717) is 22.8 Å². The van der Waals surface area contributed by atoms with Crippen molar-refractivity contribution in [2.75, 3.05) is 27.2 Å². The third-order valence-corrected chi connectivity index (χ3v) is 4.12. The summed E-state index contributed by atoms with van der Waals surface area (Å²) in [6.45, 7) is 1.23. The Hall–Kier alpha value is -2.90. The number of amides is 1. The number of phenols is 1. The van der Waals surface area contributed by atoms with Gasteiger partial charge in [0.25, 0.3) is 0 Å². The summed E-state index contributed by atoms with van der Waals surface area (Å²) in [5, 5.41) is 17.5. The lowest BCUT2D eigenvalue weighted by atomic mass is 10.0. The van der Waals surface area contributed by atoms with E-state index in [1.54, 1.807) is 30.7 Å². The number of carbonyl (C=O) groups is 1. The summed E-state index contributed by atoms with van der Waals surface area (Å²) in [6, 6.07) is 8.04. The van der Waals surface area contributed by atoms with Gasteiger partial charge in [0.05, 0.1) is 0 Å². The van der Waals surface area contributed by atoms with Gasteiger partial charge in [0.1, 0.15) is 11.4 Å². The number of rotatable bonds is 5. The first-order valence-corrected chi connectivity index (χ1v) is 8.75. The second-order valence-corrected chi connectivity index (χ2v) is 6.74. The van der Waals surface area contributed by atoms with Gasteiger partial charge in [-0.1, -0.05) is 11.6 Å². The van der Waals surface area contributed by atoms with Crippen LogP contribution in [-0.4, -0.2) is 58.0 Å². The van der Waals surface area contributed by atoms with E-state index in [0.717, 1.165) is 17.7 Å². The van der Waals surface area contributed by atoms with Gasteiger partial charge in [-0.3, -0.25) is 4.98 Å². The van der Waals surface area contributed by atoms with E-state index >= 15 is 0 Å². The van der Waals surface area contributed by atoms with Crippen LogP contribution < -0.4 is 5.32 Å². The van der Waals surface area contributed by atoms with Crippen molar-refractivity contribution in [2.24, 2.45) is 0 Å². The van der Waals surface area contributed by atoms with Crippen molar-refractivity contribution >= 4 is 17.6 Å². The van der Waals surface area contributed by atoms with Crippen LogP contribution in [0, 0.1) is 0 Å². The zero-order valence-corrected chi connectivity index (χ0v) is 15.8. The van der Waals surface area contributed by atoms with Crippen LogP contribution in [0.3, 0.4) is 0 Å². The topological polar surface area (TPSA) is 83.3 Å². The van der Waals surface area contributed by atoms with Crippen molar-refractivity contribution in [3.05, 3.63) is 53.9 Å². The summed E-state index contributed by atoms with van der Waals surface area (Å²) in [5.41, 5.74) is 2.75. The molecule has 0 aliphatic rings. The molecule has 7 nitrogen and oxygen atoms in total. The summed E-state index contributed by atoms with van der Waals surface area (Å²) in [7, 11) is 3.87. The molecule has 3 aromatic rings. The Morgan fingerprint density at radius 2 is 1.96 bits per heavy atom. The maximum absolute atomic E-state index is 12.5. The molecular formula is C19H20ClN5O2. The third kappa shape index (κ3) is 4.64. The summed E-state index contributed by atoms with van der Waals surface area (Å²) >= 11 is 6.08. The molecule has 0 radical (unpaired) electrons. The standard InChI is InChI=1S/C19H20ClN5O2/c1-24(2)8-7-22-19(27)25-12-17(13-3-5-21-6-4-13)18(23-25)14-9-15(20)11-16(26)10-14/h3-6,9-12,26H,7-8H2,1-2H3,(H,22,27). The predicted molar refractivity (Wildman–Crippen MR) is 105 cm³/mol. The number of phenolic OH excluding ortho intramolecular Hbond substituents is 1. The van der Waals surface area contributed by atoms with Crippen molar-refractivity contribution in [3.63, 3.8) is 0 Å². The van der Waals surface area contributed by atoms with Crippen molar-refractivity contribution in [2.45, 2.75) is 0 Å². The van der Waals surface area contributed by atoms with E-state index in [9.17, 15) is 9.90 Å². The Balaban J connectivity index is 2.00. The molecule has 0 atom stereocenters. The average Bonchev–Trinajstić information content (AvgIpc) is 3.07. The molecule has 0 spiro atoms. The van der Waals surface area contributed by atoms with E-state index in [-0.39, 0.29) is 11.8 Å². The molecule has 1 aromatic carbocycles. The molecule has 2 N–H and O–H groups in total. The molecular weight excluding hydrogens is 366 g/mol. The second kappa shape index (κ2) is 8.20. The van der Waals surface area contributed by atoms with Gasteiger partial charge in [0.2, 0.25) is 0 Å². The van der Waals surface area contributed by atoms with Gasteiger partial charge in [-0.05, 0) is 50.0 Å². The van der Waals surface area contributed by atoms with Gasteiger partial charge in [-0.2, -0.15) is 9.78 Å². The second-order valence-electron chi connectivity index (χ2n) is 6.31. The number of aromatic nitrogens is 3. The maximum Gasteiger partial charge on any atom is 0.342 e. The molecule has 0 saturated carbocycles. The lowest BCUT2D eigenvalue weighted by Crippen LogP contribution is -2.34. The molecule has 140 valence electrons. The first-order valence-electron chi connectivity index (χ1n) is 8.37. The quantitative estimate of drug-likeness (QED) is 0.705. The maximum atomic E-state index is 12.5. The highest BCUT2D eigenvalue weighted by Crippen LogP contribution is 2.34. The number of hydrogen-bond donors (Lipinski definition) is 2. The monoisotopic (exact) mass is 385 g/mol. The lowest BCUT2D eigenvalue weighted by Gasteiger charge is -2.09. The predicted octanol–water partition coefficient (Wildman–Crippen LogP) is 3.09. The molecule has 0 saturated heterocycles. The molecule has 0 aliphatic heterocycles. The summed E-state index contributed by atoms with van der Waals surface area (Å²) in [5.74, 6) is 0.0307. The third-order valence-electron chi connectivity index (χ3n) is 3.90. The molecule has 0 fully saturated rings. The van der Waals surface area contributed by atoms with Crippen molar-refractivity contribution < 1.29 is 9.90 Å². The number of carbonyl (C=O) groups excluding carboxylic acids is 1. The fourth-order valence-corrected chi connectivity index (χ4v) is 2.84. The minimum absolute atomic E-state index is 0.0307. The molecule has 0 unspecified atom stereocenters. The van der Waals surface area contributed by atoms with Crippen molar-refractivity contribution in [1.82, 2.24) is 25.0 Å². The number of hydrogen-bond acceptors (Lipinski definition) is 5. The van der Waals surface area contributed by atoms with E-state index in [2.05, 4.69) is 15.4 Å². The van der Waals surface area contributed by atoms with Gasteiger partial charge in [-0.15, -0.1) is 0 Å².